The predicted octanol–water partition coefficient (Wildman–Crippen LogP) is 5.66. The molecule has 36 heavy (non-hydrogen) atoms. The van der Waals surface area contributed by atoms with E-state index in [0.717, 1.165) is 17.8 Å². The molecule has 0 bridgehead atoms. The SMILES string of the molecule is O=C(CSc1nnc(CNC(=O)c2cccs2)n1-c1cccc(Cl)c1)Nc1ccccc1C(F)(F)F. The third kappa shape index (κ3) is 6.25. The third-order valence-electron chi connectivity index (χ3n) is 4.76. The van der Waals surface area contributed by atoms with Crippen molar-refractivity contribution in [3.05, 3.63) is 87.3 Å². The average molecular weight is 552 g/mol. The van der Waals surface area contributed by atoms with E-state index in [1.807, 2.05) is 0 Å². The number of anilines is 1. The maximum Gasteiger partial charge on any atom is 0.418 e. The van der Waals surface area contributed by atoms with Gasteiger partial charge in [0.15, 0.2) is 11.0 Å². The summed E-state index contributed by atoms with van der Waals surface area (Å²) in [5, 5.41) is 15.9. The first-order valence-electron chi connectivity index (χ1n) is 10.3. The highest BCUT2D eigenvalue weighted by atomic mass is 35.5. The van der Waals surface area contributed by atoms with Crippen LogP contribution in [0.1, 0.15) is 21.1 Å². The molecule has 0 fully saturated rings. The van der Waals surface area contributed by atoms with Gasteiger partial charge in [0.2, 0.25) is 5.91 Å². The van der Waals surface area contributed by atoms with Gasteiger partial charge in [-0.2, -0.15) is 13.2 Å². The minimum atomic E-state index is -4.60. The van der Waals surface area contributed by atoms with Gasteiger partial charge in [-0.05, 0) is 41.8 Å². The van der Waals surface area contributed by atoms with Crippen molar-refractivity contribution in [1.29, 1.82) is 0 Å². The number of nitrogens with one attached hydrogen (secondary N) is 2. The van der Waals surface area contributed by atoms with Gasteiger partial charge in [0.1, 0.15) is 0 Å². The molecule has 0 spiro atoms. The maximum atomic E-state index is 13.2. The molecule has 7 nitrogen and oxygen atoms in total. The Morgan fingerprint density at radius 3 is 2.58 bits per heavy atom. The van der Waals surface area contributed by atoms with Crippen LogP contribution in [0.5, 0.6) is 0 Å². The minimum absolute atomic E-state index is 0.0436. The van der Waals surface area contributed by atoms with Crippen LogP contribution in [0.3, 0.4) is 0 Å². The Morgan fingerprint density at radius 2 is 1.86 bits per heavy atom. The van der Waals surface area contributed by atoms with Crippen LogP contribution in [0, 0.1) is 0 Å². The van der Waals surface area contributed by atoms with E-state index >= 15 is 0 Å². The van der Waals surface area contributed by atoms with Crippen molar-refractivity contribution < 1.29 is 22.8 Å². The van der Waals surface area contributed by atoms with Crippen LogP contribution in [-0.4, -0.2) is 32.3 Å². The van der Waals surface area contributed by atoms with Crippen LogP contribution in [0.15, 0.2) is 71.2 Å². The number of thioether (sulfide) groups is 1. The largest absolute Gasteiger partial charge is 0.418 e. The summed E-state index contributed by atoms with van der Waals surface area (Å²) in [6.07, 6.45) is -4.60. The van der Waals surface area contributed by atoms with Crippen LogP contribution in [0.25, 0.3) is 5.69 Å². The smallest absolute Gasteiger partial charge is 0.344 e. The number of benzene rings is 2. The number of amides is 2. The van der Waals surface area contributed by atoms with E-state index in [9.17, 15) is 22.8 Å². The summed E-state index contributed by atoms with van der Waals surface area (Å²) in [5.74, 6) is -0.771. The molecular formula is C23H17ClF3N5O2S2. The molecule has 0 aliphatic rings. The first-order chi connectivity index (χ1) is 17.2. The molecule has 0 saturated heterocycles. The van der Waals surface area contributed by atoms with E-state index in [-0.39, 0.29) is 23.9 Å². The summed E-state index contributed by atoms with van der Waals surface area (Å²) in [5.41, 5.74) is -0.670. The van der Waals surface area contributed by atoms with E-state index < -0.39 is 17.6 Å². The first-order valence-corrected chi connectivity index (χ1v) is 12.6. The summed E-state index contributed by atoms with van der Waals surface area (Å²) >= 11 is 8.43. The zero-order valence-electron chi connectivity index (χ0n) is 18.3. The molecular weight excluding hydrogens is 535 g/mol. The van der Waals surface area contributed by atoms with Crippen molar-refractivity contribution in [2.75, 3.05) is 11.1 Å². The molecule has 2 aromatic heterocycles. The van der Waals surface area contributed by atoms with Crippen molar-refractivity contribution in [3.63, 3.8) is 0 Å². The first kappa shape index (κ1) is 25.7. The number of hydrogen-bond donors (Lipinski definition) is 2. The molecule has 2 amide bonds. The van der Waals surface area contributed by atoms with Crippen LogP contribution in [-0.2, 0) is 17.5 Å². The molecule has 4 aromatic rings. The zero-order valence-corrected chi connectivity index (χ0v) is 20.6. The number of halogens is 4. The Hall–Kier alpha value is -3.35. The Kier molecular flexibility index (Phi) is 7.97. The molecule has 0 saturated carbocycles. The molecule has 2 aromatic carbocycles. The number of carbonyl (C=O) groups is 2. The summed E-state index contributed by atoms with van der Waals surface area (Å²) < 4.78 is 41.3. The van der Waals surface area contributed by atoms with Crippen molar-refractivity contribution in [1.82, 2.24) is 20.1 Å². The fourth-order valence-corrected chi connectivity index (χ4v) is 4.79. The summed E-state index contributed by atoms with van der Waals surface area (Å²) in [7, 11) is 0. The number of para-hydroxylation sites is 1. The summed E-state index contributed by atoms with van der Waals surface area (Å²) in [6, 6.07) is 15.0. The molecule has 0 radical (unpaired) electrons. The second kappa shape index (κ2) is 11.1. The topological polar surface area (TPSA) is 88.9 Å². The fraction of sp³-hybridized carbons (Fsp3) is 0.130. The molecule has 13 heteroatoms. The standard InChI is InChI=1S/C23H17ClF3N5O2S2/c24-14-5-3-6-15(11-14)32-19(12-28-21(34)18-9-4-10-35-18)30-31-22(32)36-13-20(33)29-17-8-2-1-7-16(17)23(25,26)27/h1-11H,12-13H2,(H,28,34)(H,29,33). The molecule has 0 aliphatic heterocycles. The number of rotatable bonds is 8. The summed E-state index contributed by atoms with van der Waals surface area (Å²) in [6.45, 7) is 0.0436. The molecule has 4 rings (SSSR count). The Bertz CT molecular complexity index is 1380. The predicted molar refractivity (Wildman–Crippen MR) is 133 cm³/mol. The normalized spacial score (nSPS) is 11.3. The lowest BCUT2D eigenvalue weighted by Crippen LogP contribution is -2.24. The summed E-state index contributed by atoms with van der Waals surface area (Å²) in [4.78, 5) is 25.4. The van der Waals surface area contributed by atoms with Crippen molar-refractivity contribution in [2.24, 2.45) is 0 Å². The van der Waals surface area contributed by atoms with E-state index in [0.29, 0.717) is 26.6 Å². The van der Waals surface area contributed by atoms with Crippen molar-refractivity contribution in [3.8, 4) is 5.69 Å². The van der Waals surface area contributed by atoms with Crippen molar-refractivity contribution >= 4 is 52.2 Å². The lowest BCUT2D eigenvalue weighted by atomic mass is 10.1. The highest BCUT2D eigenvalue weighted by molar-refractivity contribution is 7.99. The molecule has 2 heterocycles. The number of hydrogen-bond acceptors (Lipinski definition) is 6. The van der Waals surface area contributed by atoms with Gasteiger partial charge in [0, 0.05) is 5.02 Å². The van der Waals surface area contributed by atoms with E-state index in [2.05, 4.69) is 20.8 Å². The quantitative estimate of drug-likeness (QED) is 0.276. The monoisotopic (exact) mass is 551 g/mol. The Morgan fingerprint density at radius 1 is 1.06 bits per heavy atom. The lowest BCUT2D eigenvalue weighted by Gasteiger charge is -2.14. The molecule has 0 atom stereocenters. The van der Waals surface area contributed by atoms with Gasteiger partial charge in [-0.3, -0.25) is 14.2 Å². The van der Waals surface area contributed by atoms with E-state index in [1.165, 1.54) is 29.5 Å². The van der Waals surface area contributed by atoms with Crippen molar-refractivity contribution in [2.45, 2.75) is 17.9 Å². The highest BCUT2D eigenvalue weighted by Crippen LogP contribution is 2.34. The third-order valence-corrected chi connectivity index (χ3v) is 6.79. The molecule has 2 N–H and O–H groups in total. The minimum Gasteiger partial charge on any atom is -0.344 e. The number of alkyl halides is 3. The number of thiophene rings is 1. The van der Waals surface area contributed by atoms with Gasteiger partial charge in [-0.25, -0.2) is 0 Å². The lowest BCUT2D eigenvalue weighted by molar-refractivity contribution is -0.137. The molecule has 186 valence electrons. The molecule has 0 unspecified atom stereocenters. The highest BCUT2D eigenvalue weighted by Gasteiger charge is 2.33. The van der Waals surface area contributed by atoms with Gasteiger partial charge in [0.05, 0.1) is 34.1 Å². The Balaban J connectivity index is 1.51. The van der Waals surface area contributed by atoms with Crippen LogP contribution in [0.4, 0.5) is 18.9 Å². The van der Waals surface area contributed by atoms with Gasteiger partial charge >= 0.3 is 6.18 Å². The average Bonchev–Trinajstić information content (AvgIpc) is 3.51. The van der Waals surface area contributed by atoms with E-state index in [4.69, 9.17) is 11.6 Å². The van der Waals surface area contributed by atoms with Crippen LogP contribution in [0.2, 0.25) is 5.02 Å². The second-order valence-corrected chi connectivity index (χ2v) is 9.58. The van der Waals surface area contributed by atoms with Gasteiger partial charge < -0.3 is 10.6 Å². The van der Waals surface area contributed by atoms with Crippen LogP contribution < -0.4 is 10.6 Å². The number of aromatic nitrogens is 3. The Labute approximate surface area is 216 Å². The molecule has 0 aliphatic carbocycles. The fourth-order valence-electron chi connectivity index (χ4n) is 3.19. The van der Waals surface area contributed by atoms with E-state index in [1.54, 1.807) is 46.3 Å². The number of nitrogens with zero attached hydrogens (tertiary/aromatic N) is 3. The van der Waals surface area contributed by atoms with Crippen LogP contribution >= 0.6 is 34.7 Å². The van der Waals surface area contributed by atoms with Gasteiger partial charge in [-0.1, -0.05) is 47.6 Å². The van der Waals surface area contributed by atoms with Gasteiger partial charge in [0.25, 0.3) is 5.91 Å². The zero-order chi connectivity index (χ0) is 25.7. The second-order valence-electron chi connectivity index (χ2n) is 7.25. The van der Waals surface area contributed by atoms with Gasteiger partial charge in [-0.15, -0.1) is 21.5 Å². The maximum absolute atomic E-state index is 13.2. The number of carbonyl (C=O) groups excluding carboxylic acids is 2.